The molecule has 0 aliphatic carbocycles. The Hall–Kier alpha value is -1.22. The van der Waals surface area contributed by atoms with Gasteiger partial charge in [0.1, 0.15) is 0 Å². The van der Waals surface area contributed by atoms with Crippen LogP contribution in [0.15, 0.2) is 0 Å². The number of rotatable bonds is 33. The van der Waals surface area contributed by atoms with E-state index in [-0.39, 0.29) is 23.9 Å². The second kappa shape index (κ2) is 31.7. The van der Waals surface area contributed by atoms with Crippen molar-refractivity contribution in [1.82, 2.24) is 20.4 Å². The summed E-state index contributed by atoms with van der Waals surface area (Å²) in [5.74, 6) is 0.242. The van der Waals surface area contributed by atoms with Crippen molar-refractivity contribution in [2.75, 3.05) is 52.4 Å². The minimum absolute atomic E-state index is 0.121. The largest absolute Gasteiger partial charge is 0.354 e. The lowest BCUT2D eigenvalue weighted by atomic mass is 10.1. The topological polar surface area (TPSA) is 117 Å². The molecule has 0 aliphatic heterocycles. The average molecular weight is 625 g/mol. The molecule has 0 radical (unpaired) electrons. The van der Waals surface area contributed by atoms with Gasteiger partial charge in [-0.25, -0.2) is 0 Å². The Morgan fingerprint density at radius 3 is 1.14 bits per heavy atom. The molecule has 0 saturated heterocycles. The Labute approximate surface area is 273 Å². The SMILES string of the molecule is CCCCCCCCCCC(C)NC(=O)CCN(CCN)CCN(CCN)CCC(=O)NC(C)CCCCCCCCCC. The maximum Gasteiger partial charge on any atom is 0.221 e. The van der Waals surface area contributed by atoms with Crippen molar-refractivity contribution in [1.29, 1.82) is 0 Å². The molecule has 8 nitrogen and oxygen atoms in total. The van der Waals surface area contributed by atoms with Crippen LogP contribution < -0.4 is 22.1 Å². The van der Waals surface area contributed by atoms with Crippen molar-refractivity contribution in [2.45, 2.75) is 168 Å². The molecule has 2 amide bonds. The molecule has 0 fully saturated rings. The fourth-order valence-electron chi connectivity index (χ4n) is 5.85. The van der Waals surface area contributed by atoms with E-state index >= 15 is 0 Å². The van der Waals surface area contributed by atoms with Crippen LogP contribution >= 0.6 is 0 Å². The third-order valence-corrected chi connectivity index (χ3v) is 8.73. The number of hydrogen-bond acceptors (Lipinski definition) is 6. The van der Waals surface area contributed by atoms with E-state index in [9.17, 15) is 9.59 Å². The molecule has 0 heterocycles. The predicted octanol–water partition coefficient (Wildman–Crippen LogP) is 6.36. The van der Waals surface area contributed by atoms with Gasteiger partial charge in [-0.1, -0.05) is 117 Å². The first-order chi connectivity index (χ1) is 21.4. The molecule has 0 aromatic carbocycles. The van der Waals surface area contributed by atoms with E-state index in [2.05, 4.69) is 48.1 Å². The first-order valence-corrected chi connectivity index (χ1v) is 18.8. The van der Waals surface area contributed by atoms with Crippen LogP contribution in [0.4, 0.5) is 0 Å². The summed E-state index contributed by atoms with van der Waals surface area (Å²) >= 11 is 0. The van der Waals surface area contributed by atoms with Gasteiger partial charge in [0.05, 0.1) is 0 Å². The third kappa shape index (κ3) is 28.3. The summed E-state index contributed by atoms with van der Waals surface area (Å²) in [5.41, 5.74) is 11.8. The lowest BCUT2D eigenvalue weighted by Crippen LogP contribution is -2.43. The standard InChI is InChI=1S/C36H76N6O2/c1-5-7-9-11-13-15-17-19-21-33(3)39-35(43)23-27-41(29-25-37)31-32-42(30-26-38)28-24-36(44)40-34(4)22-20-18-16-14-12-10-8-6-2/h33-34H,5-32,37-38H2,1-4H3,(H,39,43)(H,40,44). The van der Waals surface area contributed by atoms with Gasteiger partial charge in [0.2, 0.25) is 11.8 Å². The summed E-state index contributed by atoms with van der Waals surface area (Å²) in [6.07, 6.45) is 24.0. The van der Waals surface area contributed by atoms with Gasteiger partial charge >= 0.3 is 0 Å². The fourth-order valence-corrected chi connectivity index (χ4v) is 5.85. The summed E-state index contributed by atoms with van der Waals surface area (Å²) in [6.45, 7) is 14.4. The summed E-state index contributed by atoms with van der Waals surface area (Å²) in [6, 6.07) is 0.444. The number of hydrogen-bond donors (Lipinski definition) is 4. The molecular formula is C36H76N6O2. The van der Waals surface area contributed by atoms with Crippen LogP contribution in [-0.2, 0) is 9.59 Å². The van der Waals surface area contributed by atoms with Crippen LogP contribution in [0.25, 0.3) is 0 Å². The van der Waals surface area contributed by atoms with Crippen LogP contribution in [0.5, 0.6) is 0 Å². The van der Waals surface area contributed by atoms with Crippen molar-refractivity contribution in [2.24, 2.45) is 11.5 Å². The highest BCUT2D eigenvalue weighted by molar-refractivity contribution is 5.76. The second-order valence-corrected chi connectivity index (χ2v) is 13.2. The normalized spacial score (nSPS) is 13.0. The molecule has 262 valence electrons. The minimum Gasteiger partial charge on any atom is -0.354 e. The van der Waals surface area contributed by atoms with Crippen molar-refractivity contribution in [3.8, 4) is 0 Å². The van der Waals surface area contributed by atoms with E-state index in [1.165, 1.54) is 103 Å². The molecule has 0 aromatic rings. The minimum atomic E-state index is 0.121. The van der Waals surface area contributed by atoms with Gasteiger partial charge in [-0.05, 0) is 26.7 Å². The van der Waals surface area contributed by atoms with Gasteiger partial charge in [-0.3, -0.25) is 9.59 Å². The molecule has 6 N–H and O–H groups in total. The van der Waals surface area contributed by atoms with E-state index in [0.29, 0.717) is 39.0 Å². The number of nitrogens with zero attached hydrogens (tertiary/aromatic N) is 2. The molecular weight excluding hydrogens is 548 g/mol. The van der Waals surface area contributed by atoms with Crippen LogP contribution in [0.3, 0.4) is 0 Å². The molecule has 0 spiro atoms. The zero-order valence-corrected chi connectivity index (χ0v) is 29.8. The monoisotopic (exact) mass is 625 g/mol. The molecule has 2 unspecified atom stereocenters. The Bertz CT molecular complexity index is 596. The van der Waals surface area contributed by atoms with Crippen LogP contribution in [0, 0.1) is 0 Å². The van der Waals surface area contributed by atoms with Crippen LogP contribution in [0.1, 0.15) is 156 Å². The molecule has 0 aromatic heterocycles. The average Bonchev–Trinajstić information content (AvgIpc) is 2.99. The van der Waals surface area contributed by atoms with Gasteiger partial charge in [0.15, 0.2) is 0 Å². The van der Waals surface area contributed by atoms with Crippen LogP contribution in [0.2, 0.25) is 0 Å². The highest BCUT2D eigenvalue weighted by Gasteiger charge is 2.14. The summed E-state index contributed by atoms with van der Waals surface area (Å²) in [7, 11) is 0. The summed E-state index contributed by atoms with van der Waals surface area (Å²) in [5, 5.41) is 6.38. The van der Waals surface area contributed by atoms with Gasteiger partial charge in [-0.2, -0.15) is 0 Å². The molecule has 2 atom stereocenters. The maximum absolute atomic E-state index is 12.6. The molecule has 44 heavy (non-hydrogen) atoms. The lowest BCUT2D eigenvalue weighted by molar-refractivity contribution is -0.123. The molecule has 8 heteroatoms. The van der Waals surface area contributed by atoms with Crippen molar-refractivity contribution < 1.29 is 9.59 Å². The zero-order chi connectivity index (χ0) is 32.7. The number of carbonyl (C=O) groups is 2. The highest BCUT2D eigenvalue weighted by atomic mass is 16.2. The number of amides is 2. The number of unbranched alkanes of at least 4 members (excludes halogenated alkanes) is 14. The number of nitrogens with one attached hydrogen (secondary N) is 2. The molecule has 0 rings (SSSR count). The first kappa shape index (κ1) is 42.8. The fraction of sp³-hybridized carbons (Fsp3) is 0.944. The number of nitrogens with two attached hydrogens (primary N) is 2. The summed E-state index contributed by atoms with van der Waals surface area (Å²) in [4.78, 5) is 29.7. The van der Waals surface area contributed by atoms with E-state index in [1.807, 2.05) is 0 Å². The third-order valence-electron chi connectivity index (χ3n) is 8.73. The molecule has 0 aliphatic rings. The van der Waals surface area contributed by atoms with Crippen molar-refractivity contribution in [3.63, 3.8) is 0 Å². The smallest absolute Gasteiger partial charge is 0.221 e. The van der Waals surface area contributed by atoms with E-state index in [1.54, 1.807) is 0 Å². The van der Waals surface area contributed by atoms with Gasteiger partial charge in [0, 0.05) is 77.3 Å². The Balaban J connectivity index is 4.22. The van der Waals surface area contributed by atoms with Gasteiger partial charge in [0.25, 0.3) is 0 Å². The van der Waals surface area contributed by atoms with E-state index < -0.39 is 0 Å². The quantitative estimate of drug-likeness (QED) is 0.0632. The van der Waals surface area contributed by atoms with E-state index in [4.69, 9.17) is 11.5 Å². The first-order valence-electron chi connectivity index (χ1n) is 18.8. The lowest BCUT2D eigenvalue weighted by Gasteiger charge is -2.27. The molecule has 0 saturated carbocycles. The predicted molar refractivity (Wildman–Crippen MR) is 190 cm³/mol. The number of carbonyl (C=O) groups excluding carboxylic acids is 2. The Morgan fingerprint density at radius 1 is 0.500 bits per heavy atom. The van der Waals surface area contributed by atoms with Crippen molar-refractivity contribution >= 4 is 11.8 Å². The zero-order valence-electron chi connectivity index (χ0n) is 29.8. The second-order valence-electron chi connectivity index (χ2n) is 13.2. The highest BCUT2D eigenvalue weighted by Crippen LogP contribution is 2.12. The van der Waals surface area contributed by atoms with E-state index in [0.717, 1.165) is 39.0 Å². The Kier molecular flexibility index (Phi) is 30.9. The van der Waals surface area contributed by atoms with Gasteiger partial charge < -0.3 is 31.9 Å². The van der Waals surface area contributed by atoms with Crippen LogP contribution in [-0.4, -0.2) is 86.1 Å². The maximum atomic E-state index is 12.6. The summed E-state index contributed by atoms with van der Waals surface area (Å²) < 4.78 is 0. The Morgan fingerprint density at radius 2 is 0.818 bits per heavy atom. The molecule has 0 bridgehead atoms. The van der Waals surface area contributed by atoms with Crippen molar-refractivity contribution in [3.05, 3.63) is 0 Å². The van der Waals surface area contributed by atoms with Gasteiger partial charge in [-0.15, -0.1) is 0 Å².